The van der Waals surface area contributed by atoms with Gasteiger partial charge < -0.3 is 4.74 Å². The molecule has 2 nitrogen and oxygen atoms in total. The van der Waals surface area contributed by atoms with Crippen LogP contribution in [0.4, 0.5) is 0 Å². The summed E-state index contributed by atoms with van der Waals surface area (Å²) in [4.78, 5) is 11.5. The summed E-state index contributed by atoms with van der Waals surface area (Å²) in [5.41, 5.74) is 0. The van der Waals surface area contributed by atoms with E-state index in [0.29, 0.717) is 12.5 Å². The molecule has 2 unspecified atom stereocenters. The van der Waals surface area contributed by atoms with Crippen LogP contribution >= 0.6 is 0 Å². The molecule has 0 fully saturated rings. The van der Waals surface area contributed by atoms with Crippen LogP contribution in [0.1, 0.15) is 47.0 Å². The lowest BCUT2D eigenvalue weighted by atomic mass is 9.88. The molecule has 0 aromatic carbocycles. The Morgan fingerprint density at radius 1 is 1.31 bits per heavy atom. The Balaban J connectivity index is 4.13. The molecule has 2 atom stereocenters. The van der Waals surface area contributed by atoms with Crippen molar-refractivity contribution in [3.05, 3.63) is 0 Å². The average Bonchev–Trinajstić information content (AvgIpc) is 2.13. The fraction of sp³-hybridized carbons (Fsp3) is 0.909. The van der Waals surface area contributed by atoms with E-state index in [9.17, 15) is 4.79 Å². The molecule has 0 amide bonds. The topological polar surface area (TPSA) is 26.3 Å². The van der Waals surface area contributed by atoms with Crippen molar-refractivity contribution in [1.29, 1.82) is 0 Å². The number of esters is 1. The van der Waals surface area contributed by atoms with Gasteiger partial charge in [0, 0.05) is 0 Å². The number of carbonyl (C=O) groups excluding carboxylic acids is 1. The largest absolute Gasteiger partial charge is 0.466 e. The molecule has 0 aromatic heterocycles. The van der Waals surface area contributed by atoms with Crippen molar-refractivity contribution in [2.45, 2.75) is 47.0 Å². The summed E-state index contributed by atoms with van der Waals surface area (Å²) in [6, 6.07) is 0. The zero-order valence-electron chi connectivity index (χ0n) is 9.30. The molecule has 0 spiro atoms. The first-order valence-corrected chi connectivity index (χ1v) is 5.33. The summed E-state index contributed by atoms with van der Waals surface area (Å²) >= 11 is 0. The molecule has 0 aliphatic carbocycles. The fourth-order valence-electron chi connectivity index (χ4n) is 1.48. The number of hydrogen-bond acceptors (Lipinski definition) is 2. The minimum Gasteiger partial charge on any atom is -0.466 e. The lowest BCUT2D eigenvalue weighted by Crippen LogP contribution is -2.23. The number of carbonyl (C=O) groups is 1. The highest BCUT2D eigenvalue weighted by atomic mass is 16.5. The van der Waals surface area contributed by atoms with Gasteiger partial charge in [-0.3, -0.25) is 4.79 Å². The molecule has 0 aromatic rings. The zero-order chi connectivity index (χ0) is 10.3. The normalized spacial score (nSPS) is 15.1. The van der Waals surface area contributed by atoms with E-state index in [1.165, 1.54) is 0 Å². The van der Waals surface area contributed by atoms with Crippen molar-refractivity contribution in [3.8, 4) is 0 Å². The van der Waals surface area contributed by atoms with Crippen LogP contribution in [0.3, 0.4) is 0 Å². The SMILES string of the molecule is CCCC(C(=O)OCC)C(C)CC. The van der Waals surface area contributed by atoms with E-state index in [0.717, 1.165) is 19.3 Å². The van der Waals surface area contributed by atoms with E-state index in [1.807, 2.05) is 6.92 Å². The minimum atomic E-state index is -0.0151. The van der Waals surface area contributed by atoms with Crippen LogP contribution in [-0.4, -0.2) is 12.6 Å². The van der Waals surface area contributed by atoms with Crippen LogP contribution in [0.15, 0.2) is 0 Å². The predicted molar refractivity (Wildman–Crippen MR) is 54.5 cm³/mol. The molecule has 78 valence electrons. The van der Waals surface area contributed by atoms with Crippen molar-refractivity contribution in [1.82, 2.24) is 0 Å². The van der Waals surface area contributed by atoms with E-state index in [4.69, 9.17) is 4.74 Å². The quantitative estimate of drug-likeness (QED) is 0.596. The molecule has 0 saturated carbocycles. The maximum atomic E-state index is 11.5. The Kier molecular flexibility index (Phi) is 6.65. The highest BCUT2D eigenvalue weighted by molar-refractivity contribution is 5.72. The van der Waals surface area contributed by atoms with Crippen LogP contribution in [0.25, 0.3) is 0 Å². The Hall–Kier alpha value is -0.530. The van der Waals surface area contributed by atoms with Crippen LogP contribution in [0.5, 0.6) is 0 Å². The van der Waals surface area contributed by atoms with Gasteiger partial charge in [-0.15, -0.1) is 0 Å². The second-order valence-electron chi connectivity index (χ2n) is 3.53. The van der Waals surface area contributed by atoms with Gasteiger partial charge in [-0.05, 0) is 19.3 Å². The molecule has 13 heavy (non-hydrogen) atoms. The molecule has 0 bridgehead atoms. The summed E-state index contributed by atoms with van der Waals surface area (Å²) in [5, 5.41) is 0. The molecule has 0 radical (unpaired) electrons. The second kappa shape index (κ2) is 6.93. The maximum absolute atomic E-state index is 11.5. The summed E-state index contributed by atoms with van der Waals surface area (Å²) < 4.78 is 5.04. The third-order valence-corrected chi connectivity index (χ3v) is 2.52. The predicted octanol–water partition coefficient (Wildman–Crippen LogP) is 3.01. The zero-order valence-corrected chi connectivity index (χ0v) is 9.30. The van der Waals surface area contributed by atoms with E-state index in [-0.39, 0.29) is 11.9 Å². The fourth-order valence-corrected chi connectivity index (χ4v) is 1.48. The van der Waals surface area contributed by atoms with E-state index in [2.05, 4.69) is 20.8 Å². The third kappa shape index (κ3) is 4.30. The monoisotopic (exact) mass is 186 g/mol. The first-order chi connectivity index (χ1) is 6.17. The molecule has 0 heterocycles. The molecule has 0 saturated heterocycles. The molecular formula is C11H22O2. The smallest absolute Gasteiger partial charge is 0.309 e. The van der Waals surface area contributed by atoms with Crippen LogP contribution < -0.4 is 0 Å². The molecule has 0 N–H and O–H groups in total. The first-order valence-electron chi connectivity index (χ1n) is 5.33. The standard InChI is InChI=1S/C11H22O2/c1-5-8-10(9(4)6-2)11(12)13-7-3/h9-10H,5-8H2,1-4H3. The lowest BCUT2D eigenvalue weighted by molar-refractivity contribution is -0.150. The van der Waals surface area contributed by atoms with Gasteiger partial charge >= 0.3 is 5.97 Å². The molecule has 2 heteroatoms. The Morgan fingerprint density at radius 3 is 2.31 bits per heavy atom. The summed E-state index contributed by atoms with van der Waals surface area (Å²) in [7, 11) is 0. The van der Waals surface area contributed by atoms with Crippen LogP contribution in [0, 0.1) is 11.8 Å². The van der Waals surface area contributed by atoms with Crippen molar-refractivity contribution < 1.29 is 9.53 Å². The highest BCUT2D eigenvalue weighted by Crippen LogP contribution is 2.21. The first kappa shape index (κ1) is 12.5. The van der Waals surface area contributed by atoms with Crippen molar-refractivity contribution in [2.24, 2.45) is 11.8 Å². The van der Waals surface area contributed by atoms with Gasteiger partial charge in [-0.25, -0.2) is 0 Å². The van der Waals surface area contributed by atoms with Gasteiger partial charge in [-0.2, -0.15) is 0 Å². The summed E-state index contributed by atoms with van der Waals surface area (Å²) in [5.74, 6) is 0.535. The van der Waals surface area contributed by atoms with Gasteiger partial charge in [-0.1, -0.05) is 33.6 Å². The second-order valence-corrected chi connectivity index (χ2v) is 3.53. The van der Waals surface area contributed by atoms with Gasteiger partial charge in [0.05, 0.1) is 12.5 Å². The molecule has 0 aliphatic rings. The number of rotatable bonds is 6. The van der Waals surface area contributed by atoms with Crippen LogP contribution in [0.2, 0.25) is 0 Å². The van der Waals surface area contributed by atoms with Crippen molar-refractivity contribution >= 4 is 5.97 Å². The Bertz CT molecular complexity index is 143. The van der Waals surface area contributed by atoms with Gasteiger partial charge in [0.2, 0.25) is 0 Å². The summed E-state index contributed by atoms with van der Waals surface area (Å²) in [6.07, 6.45) is 3.05. The molecule has 0 aliphatic heterocycles. The summed E-state index contributed by atoms with van der Waals surface area (Å²) in [6.45, 7) is 8.70. The Morgan fingerprint density at radius 2 is 1.92 bits per heavy atom. The lowest BCUT2D eigenvalue weighted by Gasteiger charge is -2.20. The van der Waals surface area contributed by atoms with Crippen molar-refractivity contribution in [2.75, 3.05) is 6.61 Å². The van der Waals surface area contributed by atoms with Crippen LogP contribution in [-0.2, 0) is 9.53 Å². The molecular weight excluding hydrogens is 164 g/mol. The van der Waals surface area contributed by atoms with E-state index in [1.54, 1.807) is 0 Å². The maximum Gasteiger partial charge on any atom is 0.309 e. The average molecular weight is 186 g/mol. The highest BCUT2D eigenvalue weighted by Gasteiger charge is 2.23. The number of hydrogen-bond donors (Lipinski definition) is 0. The van der Waals surface area contributed by atoms with Gasteiger partial charge in [0.1, 0.15) is 0 Å². The van der Waals surface area contributed by atoms with E-state index >= 15 is 0 Å². The van der Waals surface area contributed by atoms with Gasteiger partial charge in [0.15, 0.2) is 0 Å². The van der Waals surface area contributed by atoms with Gasteiger partial charge in [0.25, 0.3) is 0 Å². The molecule has 0 rings (SSSR count). The minimum absolute atomic E-state index is 0.0151. The number of ether oxygens (including phenoxy) is 1. The van der Waals surface area contributed by atoms with E-state index < -0.39 is 0 Å². The third-order valence-electron chi connectivity index (χ3n) is 2.52. The Labute approximate surface area is 81.7 Å². The van der Waals surface area contributed by atoms with Crippen molar-refractivity contribution in [3.63, 3.8) is 0 Å².